The van der Waals surface area contributed by atoms with Crippen LogP contribution in [0.25, 0.3) is 0 Å². The lowest BCUT2D eigenvalue weighted by Gasteiger charge is -2.29. The van der Waals surface area contributed by atoms with E-state index < -0.39 is 0 Å². The van der Waals surface area contributed by atoms with Crippen molar-refractivity contribution in [3.05, 3.63) is 21.4 Å². The maximum atomic E-state index is 5.98. The summed E-state index contributed by atoms with van der Waals surface area (Å²) in [6.07, 6.45) is 2.93. The average Bonchev–Trinajstić information content (AvgIpc) is 2.87. The summed E-state index contributed by atoms with van der Waals surface area (Å²) in [5.74, 6) is 0. The van der Waals surface area contributed by atoms with Crippen LogP contribution in [0.3, 0.4) is 0 Å². The number of aryl methyl sites for hydroxylation is 1. The molecule has 0 unspecified atom stereocenters. The first-order valence-electron chi connectivity index (χ1n) is 5.62. The zero-order chi connectivity index (χ0) is 10.5. The number of nitrogens with one attached hydrogen (secondary N) is 1. The third-order valence-corrected chi connectivity index (χ3v) is 4.69. The Bertz CT molecular complexity index is 381. The Labute approximate surface area is 94.6 Å². The van der Waals surface area contributed by atoms with Crippen LogP contribution in [-0.4, -0.2) is 20.2 Å². The predicted octanol–water partition coefficient (Wildman–Crippen LogP) is 2.38. The molecule has 1 aromatic heterocycles. The zero-order valence-corrected chi connectivity index (χ0v) is 10.1. The van der Waals surface area contributed by atoms with E-state index in [1.54, 1.807) is 5.56 Å². The van der Waals surface area contributed by atoms with Crippen molar-refractivity contribution in [2.45, 2.75) is 31.3 Å². The fraction of sp³-hybridized carbons (Fsp3) is 0.667. The number of rotatable bonds is 2. The van der Waals surface area contributed by atoms with Gasteiger partial charge in [0.1, 0.15) is 6.10 Å². The fourth-order valence-electron chi connectivity index (χ4n) is 2.50. The standard InChI is InChI=1S/C12H17NOS/c1-8-5-9-11(15-8)10(6-13-2)14-7-12(9)3-4-12/h5,10,13H,3-4,6-7H2,1-2H3/t10-/m1/s1. The van der Waals surface area contributed by atoms with Crippen LogP contribution in [0.5, 0.6) is 0 Å². The van der Waals surface area contributed by atoms with Gasteiger partial charge < -0.3 is 10.1 Å². The molecular weight excluding hydrogens is 206 g/mol. The summed E-state index contributed by atoms with van der Waals surface area (Å²) >= 11 is 1.92. The summed E-state index contributed by atoms with van der Waals surface area (Å²) in [7, 11) is 1.99. The van der Waals surface area contributed by atoms with Crippen molar-refractivity contribution in [1.82, 2.24) is 5.32 Å². The van der Waals surface area contributed by atoms with E-state index in [9.17, 15) is 0 Å². The van der Waals surface area contributed by atoms with E-state index in [-0.39, 0.29) is 6.10 Å². The molecule has 1 spiro atoms. The van der Waals surface area contributed by atoms with Crippen LogP contribution < -0.4 is 5.32 Å². The van der Waals surface area contributed by atoms with Crippen LogP contribution in [0.15, 0.2) is 6.07 Å². The topological polar surface area (TPSA) is 21.3 Å². The lowest BCUT2D eigenvalue weighted by Crippen LogP contribution is -2.29. The van der Waals surface area contributed by atoms with E-state index in [2.05, 4.69) is 18.3 Å². The maximum absolute atomic E-state index is 5.98. The van der Waals surface area contributed by atoms with Gasteiger partial charge in [-0.05, 0) is 38.4 Å². The van der Waals surface area contributed by atoms with Gasteiger partial charge in [0, 0.05) is 21.7 Å². The normalized spacial score (nSPS) is 26.7. The molecule has 82 valence electrons. The van der Waals surface area contributed by atoms with Crippen LogP contribution in [0.1, 0.15) is 34.3 Å². The molecule has 1 saturated carbocycles. The molecule has 1 aliphatic carbocycles. The van der Waals surface area contributed by atoms with Crippen LogP contribution >= 0.6 is 11.3 Å². The van der Waals surface area contributed by atoms with E-state index in [4.69, 9.17) is 4.74 Å². The molecule has 2 nitrogen and oxygen atoms in total. The summed E-state index contributed by atoms with van der Waals surface area (Å²) in [5.41, 5.74) is 2.01. The highest BCUT2D eigenvalue weighted by molar-refractivity contribution is 7.12. The summed E-state index contributed by atoms with van der Waals surface area (Å²) in [6.45, 7) is 4.07. The highest BCUT2D eigenvalue weighted by Gasteiger charge is 2.50. The second-order valence-electron chi connectivity index (χ2n) is 4.77. The van der Waals surface area contributed by atoms with Crippen LogP contribution in [0.4, 0.5) is 0 Å². The Morgan fingerprint density at radius 1 is 1.60 bits per heavy atom. The van der Waals surface area contributed by atoms with Gasteiger partial charge in [-0.15, -0.1) is 11.3 Å². The number of likely N-dealkylation sites (N-methyl/N-ethyl adjacent to an activating group) is 1. The monoisotopic (exact) mass is 223 g/mol. The molecule has 0 radical (unpaired) electrons. The third kappa shape index (κ3) is 1.45. The Morgan fingerprint density at radius 3 is 3.07 bits per heavy atom. The van der Waals surface area contributed by atoms with Crippen LogP contribution in [-0.2, 0) is 10.2 Å². The fourth-order valence-corrected chi connectivity index (χ4v) is 3.69. The number of hydrogen-bond donors (Lipinski definition) is 1. The third-order valence-electron chi connectivity index (χ3n) is 3.55. The van der Waals surface area contributed by atoms with Gasteiger partial charge in [0.05, 0.1) is 6.61 Å². The Hall–Kier alpha value is -0.380. The zero-order valence-electron chi connectivity index (χ0n) is 9.30. The van der Waals surface area contributed by atoms with Gasteiger partial charge in [-0.2, -0.15) is 0 Å². The van der Waals surface area contributed by atoms with Gasteiger partial charge >= 0.3 is 0 Å². The minimum Gasteiger partial charge on any atom is -0.370 e. The van der Waals surface area contributed by atoms with Gasteiger partial charge in [0.25, 0.3) is 0 Å². The summed E-state index contributed by atoms with van der Waals surface area (Å²) in [5, 5.41) is 3.22. The van der Waals surface area contributed by atoms with Crippen molar-refractivity contribution >= 4 is 11.3 Å². The molecule has 2 heterocycles. The number of ether oxygens (including phenoxy) is 1. The number of thiophene rings is 1. The lowest BCUT2D eigenvalue weighted by molar-refractivity contribution is 0.0261. The van der Waals surface area contributed by atoms with Crippen molar-refractivity contribution in [3.63, 3.8) is 0 Å². The molecule has 1 atom stereocenters. The maximum Gasteiger partial charge on any atom is 0.104 e. The van der Waals surface area contributed by atoms with Crippen molar-refractivity contribution in [2.24, 2.45) is 0 Å². The largest absolute Gasteiger partial charge is 0.370 e. The second-order valence-corrected chi connectivity index (χ2v) is 6.06. The first kappa shape index (κ1) is 9.82. The van der Waals surface area contributed by atoms with Gasteiger partial charge in [-0.3, -0.25) is 0 Å². The van der Waals surface area contributed by atoms with Crippen molar-refractivity contribution in [2.75, 3.05) is 20.2 Å². The average molecular weight is 223 g/mol. The molecule has 0 saturated heterocycles. The lowest BCUT2D eigenvalue weighted by atomic mass is 9.93. The van der Waals surface area contributed by atoms with E-state index in [0.29, 0.717) is 5.41 Å². The summed E-state index contributed by atoms with van der Waals surface area (Å²) < 4.78 is 5.98. The van der Waals surface area contributed by atoms with Crippen LogP contribution in [0, 0.1) is 6.92 Å². The van der Waals surface area contributed by atoms with Gasteiger partial charge in [-0.25, -0.2) is 0 Å². The quantitative estimate of drug-likeness (QED) is 0.831. The molecule has 0 amide bonds. The summed E-state index contributed by atoms with van der Waals surface area (Å²) in [4.78, 5) is 2.91. The molecule has 1 aromatic rings. The van der Waals surface area contributed by atoms with Crippen molar-refractivity contribution in [1.29, 1.82) is 0 Å². The van der Waals surface area contributed by atoms with Crippen molar-refractivity contribution < 1.29 is 4.74 Å². The summed E-state index contributed by atoms with van der Waals surface area (Å²) in [6, 6.07) is 2.39. The van der Waals surface area contributed by atoms with Crippen LogP contribution in [0.2, 0.25) is 0 Å². The highest BCUT2D eigenvalue weighted by Crippen LogP contribution is 2.55. The molecule has 3 rings (SSSR count). The molecule has 15 heavy (non-hydrogen) atoms. The van der Waals surface area contributed by atoms with Gasteiger partial charge in [0.15, 0.2) is 0 Å². The van der Waals surface area contributed by atoms with Gasteiger partial charge in [0.2, 0.25) is 0 Å². The smallest absolute Gasteiger partial charge is 0.104 e. The minimum atomic E-state index is 0.287. The minimum absolute atomic E-state index is 0.287. The Morgan fingerprint density at radius 2 is 2.40 bits per heavy atom. The molecule has 1 aliphatic heterocycles. The SMILES string of the molecule is CNC[C@H]1OCC2(CC2)c2cc(C)sc21. The Balaban J connectivity index is 2.00. The first-order chi connectivity index (χ1) is 7.25. The van der Waals surface area contributed by atoms with Crippen molar-refractivity contribution in [3.8, 4) is 0 Å². The second kappa shape index (κ2) is 3.30. The molecule has 1 fully saturated rings. The highest BCUT2D eigenvalue weighted by atomic mass is 32.1. The number of hydrogen-bond acceptors (Lipinski definition) is 3. The van der Waals surface area contributed by atoms with E-state index in [1.165, 1.54) is 22.6 Å². The van der Waals surface area contributed by atoms with E-state index in [0.717, 1.165) is 13.2 Å². The Kier molecular flexibility index (Phi) is 2.16. The van der Waals surface area contributed by atoms with E-state index in [1.807, 2.05) is 18.4 Å². The predicted molar refractivity (Wildman–Crippen MR) is 62.6 cm³/mol. The molecule has 0 aromatic carbocycles. The molecule has 0 bridgehead atoms. The number of fused-ring (bicyclic) bond motifs is 2. The molecule has 1 N–H and O–H groups in total. The van der Waals surface area contributed by atoms with Gasteiger partial charge in [-0.1, -0.05) is 0 Å². The molecular formula is C12H17NOS. The molecule has 3 heteroatoms. The first-order valence-corrected chi connectivity index (χ1v) is 6.44. The molecule has 2 aliphatic rings. The van der Waals surface area contributed by atoms with E-state index >= 15 is 0 Å².